The van der Waals surface area contributed by atoms with Crippen molar-refractivity contribution in [2.24, 2.45) is 5.92 Å². The van der Waals surface area contributed by atoms with Gasteiger partial charge >= 0.3 is 0 Å². The van der Waals surface area contributed by atoms with Crippen LogP contribution in [0.15, 0.2) is 54.6 Å². The van der Waals surface area contributed by atoms with E-state index in [0.717, 1.165) is 24.4 Å². The summed E-state index contributed by atoms with van der Waals surface area (Å²) in [6.45, 7) is 4.30. The zero-order valence-corrected chi connectivity index (χ0v) is 17.3. The zero-order valence-electron chi connectivity index (χ0n) is 17.3. The zero-order chi connectivity index (χ0) is 20.8. The Labute approximate surface area is 177 Å². The number of hydrogen-bond donors (Lipinski definition) is 3. The maximum Gasteiger partial charge on any atom is 0.226 e. The average Bonchev–Trinajstić information content (AvgIpc) is 3.31. The van der Waals surface area contributed by atoms with E-state index in [4.69, 9.17) is 9.47 Å². The van der Waals surface area contributed by atoms with Gasteiger partial charge in [0, 0.05) is 26.2 Å². The molecule has 2 aliphatic rings. The quantitative estimate of drug-likeness (QED) is 0.645. The number of hydrogen-bond acceptors (Lipinski definition) is 6. The van der Waals surface area contributed by atoms with Gasteiger partial charge in [0.05, 0.1) is 38.3 Å². The second-order valence-electron chi connectivity index (χ2n) is 7.70. The molecule has 30 heavy (non-hydrogen) atoms. The lowest BCUT2D eigenvalue weighted by molar-refractivity contribution is -0.125. The highest BCUT2D eigenvalue weighted by Gasteiger charge is 2.34. The molecule has 0 spiro atoms. The standard InChI is InChI=1S/C23H30N4O3/c1-29-19-9-7-17(8-10-19)21(27-11-13-30-14-12-27)16-24-23(28)20-15-25-26-22(20)18-5-3-2-4-6-18/h2-10,20-22,25-26H,11-16H2,1H3,(H,24,28). The fourth-order valence-corrected chi connectivity index (χ4v) is 4.22. The first-order valence-electron chi connectivity index (χ1n) is 10.5. The molecule has 0 radical (unpaired) electrons. The van der Waals surface area contributed by atoms with Crippen molar-refractivity contribution in [2.75, 3.05) is 46.5 Å². The molecule has 4 rings (SSSR count). The van der Waals surface area contributed by atoms with E-state index in [1.165, 1.54) is 5.56 Å². The number of ether oxygens (including phenoxy) is 2. The van der Waals surface area contributed by atoms with Gasteiger partial charge in [-0.1, -0.05) is 42.5 Å². The second-order valence-corrected chi connectivity index (χ2v) is 7.70. The summed E-state index contributed by atoms with van der Waals surface area (Å²) in [5.41, 5.74) is 8.67. The molecule has 2 aliphatic heterocycles. The fourth-order valence-electron chi connectivity index (χ4n) is 4.22. The number of nitrogens with one attached hydrogen (secondary N) is 3. The predicted octanol–water partition coefficient (Wildman–Crippen LogP) is 1.65. The summed E-state index contributed by atoms with van der Waals surface area (Å²) in [5, 5.41) is 3.22. The fraction of sp³-hybridized carbons (Fsp3) is 0.435. The van der Waals surface area contributed by atoms with E-state index in [9.17, 15) is 4.79 Å². The molecule has 7 heteroatoms. The minimum Gasteiger partial charge on any atom is -0.497 e. The van der Waals surface area contributed by atoms with Crippen molar-refractivity contribution in [3.05, 3.63) is 65.7 Å². The van der Waals surface area contributed by atoms with Crippen LogP contribution in [0.4, 0.5) is 0 Å². The van der Waals surface area contributed by atoms with Crippen molar-refractivity contribution in [3.8, 4) is 5.75 Å². The molecule has 2 aromatic rings. The summed E-state index contributed by atoms with van der Waals surface area (Å²) in [6, 6.07) is 18.3. The Hall–Kier alpha value is -2.45. The molecule has 2 aromatic carbocycles. The minimum absolute atomic E-state index is 0.0333. The van der Waals surface area contributed by atoms with Crippen LogP contribution >= 0.6 is 0 Å². The molecule has 0 saturated carbocycles. The van der Waals surface area contributed by atoms with Gasteiger partial charge < -0.3 is 14.8 Å². The first kappa shape index (κ1) is 20.8. The van der Waals surface area contributed by atoms with E-state index >= 15 is 0 Å². The van der Waals surface area contributed by atoms with Gasteiger partial charge in [-0.05, 0) is 23.3 Å². The van der Waals surface area contributed by atoms with Crippen LogP contribution in [0.1, 0.15) is 23.2 Å². The molecule has 3 atom stereocenters. The van der Waals surface area contributed by atoms with Gasteiger partial charge in [0.25, 0.3) is 0 Å². The molecule has 2 heterocycles. The number of nitrogens with zero attached hydrogens (tertiary/aromatic N) is 1. The number of benzene rings is 2. The van der Waals surface area contributed by atoms with Crippen LogP contribution in [0.3, 0.4) is 0 Å². The molecule has 3 unspecified atom stereocenters. The summed E-state index contributed by atoms with van der Waals surface area (Å²) >= 11 is 0. The maximum atomic E-state index is 13.1. The first-order chi connectivity index (χ1) is 14.8. The molecule has 1 amide bonds. The van der Waals surface area contributed by atoms with Crippen molar-refractivity contribution in [1.82, 2.24) is 21.1 Å². The van der Waals surface area contributed by atoms with Crippen molar-refractivity contribution >= 4 is 5.91 Å². The van der Waals surface area contributed by atoms with Crippen molar-refractivity contribution in [1.29, 1.82) is 0 Å². The number of carbonyl (C=O) groups is 1. The molecule has 160 valence electrons. The number of rotatable bonds is 7. The Morgan fingerprint density at radius 2 is 1.90 bits per heavy atom. The van der Waals surface area contributed by atoms with Crippen molar-refractivity contribution in [2.45, 2.75) is 12.1 Å². The number of carbonyl (C=O) groups excluding carboxylic acids is 1. The summed E-state index contributed by atoms with van der Waals surface area (Å²) in [5.74, 6) is 0.735. The third kappa shape index (κ3) is 4.82. The Morgan fingerprint density at radius 1 is 1.17 bits per heavy atom. The largest absolute Gasteiger partial charge is 0.497 e. The normalized spacial score (nSPS) is 23.1. The lowest BCUT2D eigenvalue weighted by Gasteiger charge is -2.35. The number of methoxy groups -OCH3 is 1. The molecule has 2 fully saturated rings. The minimum atomic E-state index is -0.159. The van der Waals surface area contributed by atoms with Gasteiger partial charge in [-0.2, -0.15) is 0 Å². The monoisotopic (exact) mass is 410 g/mol. The second kappa shape index (κ2) is 10.0. The summed E-state index contributed by atoms with van der Waals surface area (Å²) in [4.78, 5) is 15.5. The van der Waals surface area contributed by atoms with Gasteiger partial charge in [0.15, 0.2) is 0 Å². The summed E-state index contributed by atoms with van der Waals surface area (Å²) in [7, 11) is 1.67. The van der Waals surface area contributed by atoms with Gasteiger partial charge in [-0.3, -0.25) is 15.1 Å². The Kier molecular flexibility index (Phi) is 6.96. The van der Waals surface area contributed by atoms with Crippen LogP contribution in [-0.2, 0) is 9.53 Å². The van der Waals surface area contributed by atoms with Gasteiger partial charge in [0.1, 0.15) is 5.75 Å². The van der Waals surface area contributed by atoms with Crippen LogP contribution < -0.4 is 20.9 Å². The third-order valence-corrected chi connectivity index (χ3v) is 5.93. The smallest absolute Gasteiger partial charge is 0.226 e. The Morgan fingerprint density at radius 3 is 2.60 bits per heavy atom. The molecular weight excluding hydrogens is 380 g/mol. The molecule has 0 bridgehead atoms. The van der Waals surface area contributed by atoms with Crippen LogP contribution in [0, 0.1) is 5.92 Å². The van der Waals surface area contributed by atoms with E-state index in [-0.39, 0.29) is 23.9 Å². The van der Waals surface area contributed by atoms with E-state index in [2.05, 4.69) is 45.3 Å². The van der Waals surface area contributed by atoms with Crippen LogP contribution in [0.5, 0.6) is 5.75 Å². The maximum absolute atomic E-state index is 13.1. The number of amides is 1. The number of hydrazine groups is 1. The lowest BCUT2D eigenvalue weighted by Crippen LogP contribution is -2.45. The van der Waals surface area contributed by atoms with Crippen molar-refractivity contribution in [3.63, 3.8) is 0 Å². The Bertz CT molecular complexity index is 809. The highest BCUT2D eigenvalue weighted by molar-refractivity contribution is 5.80. The predicted molar refractivity (Wildman–Crippen MR) is 115 cm³/mol. The van der Waals surface area contributed by atoms with Crippen LogP contribution in [0.25, 0.3) is 0 Å². The molecule has 0 aromatic heterocycles. The molecule has 3 N–H and O–H groups in total. The number of morpholine rings is 1. The lowest BCUT2D eigenvalue weighted by atomic mass is 9.94. The van der Waals surface area contributed by atoms with Crippen LogP contribution in [-0.4, -0.2) is 57.3 Å². The van der Waals surface area contributed by atoms with E-state index < -0.39 is 0 Å². The first-order valence-corrected chi connectivity index (χ1v) is 10.5. The summed E-state index contributed by atoms with van der Waals surface area (Å²) in [6.07, 6.45) is 0. The van der Waals surface area contributed by atoms with Gasteiger partial charge in [-0.25, -0.2) is 5.43 Å². The van der Waals surface area contributed by atoms with E-state index in [0.29, 0.717) is 26.3 Å². The Balaban J connectivity index is 1.45. The highest BCUT2D eigenvalue weighted by Crippen LogP contribution is 2.26. The highest BCUT2D eigenvalue weighted by atomic mass is 16.5. The molecule has 7 nitrogen and oxygen atoms in total. The van der Waals surface area contributed by atoms with E-state index in [1.807, 2.05) is 30.3 Å². The van der Waals surface area contributed by atoms with Crippen LogP contribution in [0.2, 0.25) is 0 Å². The van der Waals surface area contributed by atoms with Gasteiger partial charge in [0.2, 0.25) is 5.91 Å². The molecule has 0 aliphatic carbocycles. The average molecular weight is 411 g/mol. The molecule has 2 saturated heterocycles. The summed E-state index contributed by atoms with van der Waals surface area (Å²) < 4.78 is 10.8. The van der Waals surface area contributed by atoms with Gasteiger partial charge in [-0.15, -0.1) is 0 Å². The molecular formula is C23H30N4O3. The topological polar surface area (TPSA) is 74.9 Å². The van der Waals surface area contributed by atoms with Crippen molar-refractivity contribution < 1.29 is 14.3 Å². The third-order valence-electron chi connectivity index (χ3n) is 5.93. The SMILES string of the molecule is COc1ccc(C(CNC(=O)C2CNNC2c2ccccc2)N2CCOCC2)cc1. The van der Waals surface area contributed by atoms with E-state index in [1.54, 1.807) is 7.11 Å².